The maximum Gasteiger partial charge on any atom is 0.223 e. The molecule has 0 atom stereocenters. The monoisotopic (exact) mass is 313 g/mol. The molecule has 1 aromatic heterocycles. The lowest BCUT2D eigenvalue weighted by Crippen LogP contribution is -2.32. The van der Waals surface area contributed by atoms with Gasteiger partial charge in [-0.3, -0.25) is 4.79 Å². The summed E-state index contributed by atoms with van der Waals surface area (Å²) < 4.78 is 2.25. The second-order valence-electron chi connectivity index (χ2n) is 7.07. The van der Waals surface area contributed by atoms with Crippen LogP contribution >= 0.6 is 0 Å². The van der Waals surface area contributed by atoms with Crippen molar-refractivity contribution < 1.29 is 4.79 Å². The van der Waals surface area contributed by atoms with Crippen LogP contribution in [0, 0.1) is 11.8 Å². The lowest BCUT2D eigenvalue weighted by atomic mass is 9.89. The molecule has 0 radical (unpaired) electrons. The molecule has 4 nitrogen and oxygen atoms in total. The number of para-hydroxylation sites is 2. The molecule has 0 unspecified atom stereocenters. The Morgan fingerprint density at radius 1 is 1.26 bits per heavy atom. The summed E-state index contributed by atoms with van der Waals surface area (Å²) in [6.45, 7) is 5.87. The van der Waals surface area contributed by atoms with E-state index in [1.54, 1.807) is 0 Å². The molecule has 0 spiro atoms. The Morgan fingerprint density at radius 3 is 2.74 bits per heavy atom. The lowest BCUT2D eigenvalue weighted by molar-refractivity contribution is -0.126. The number of hydrogen-bond acceptors (Lipinski definition) is 2. The van der Waals surface area contributed by atoms with Crippen LogP contribution in [0.3, 0.4) is 0 Å². The van der Waals surface area contributed by atoms with Crippen molar-refractivity contribution in [2.24, 2.45) is 11.8 Å². The second-order valence-corrected chi connectivity index (χ2v) is 7.07. The number of rotatable bonds is 5. The van der Waals surface area contributed by atoms with Crippen molar-refractivity contribution in [2.45, 2.75) is 59.0 Å². The van der Waals surface area contributed by atoms with Crippen LogP contribution in [0.4, 0.5) is 0 Å². The summed E-state index contributed by atoms with van der Waals surface area (Å²) >= 11 is 0. The van der Waals surface area contributed by atoms with Gasteiger partial charge in [0.1, 0.15) is 5.82 Å². The molecule has 2 aromatic rings. The normalized spacial score (nSPS) is 16.1. The zero-order valence-corrected chi connectivity index (χ0v) is 14.2. The van der Waals surface area contributed by atoms with Crippen molar-refractivity contribution in [2.75, 3.05) is 0 Å². The molecule has 0 bridgehead atoms. The zero-order chi connectivity index (χ0) is 16.2. The van der Waals surface area contributed by atoms with Crippen LogP contribution < -0.4 is 5.32 Å². The van der Waals surface area contributed by atoms with Crippen LogP contribution in [0.5, 0.6) is 0 Å². The van der Waals surface area contributed by atoms with Crippen molar-refractivity contribution in [1.29, 1.82) is 0 Å². The van der Waals surface area contributed by atoms with Gasteiger partial charge in [0.05, 0.1) is 17.6 Å². The third kappa shape index (κ3) is 3.74. The van der Waals surface area contributed by atoms with E-state index in [4.69, 9.17) is 4.98 Å². The molecular weight excluding hydrogens is 286 g/mol. The fourth-order valence-corrected chi connectivity index (χ4v) is 3.50. The molecule has 23 heavy (non-hydrogen) atoms. The number of carbonyl (C=O) groups excluding carboxylic acids is 1. The number of nitrogens with one attached hydrogen (secondary N) is 1. The third-order valence-electron chi connectivity index (χ3n) is 4.68. The number of amides is 1. The van der Waals surface area contributed by atoms with E-state index >= 15 is 0 Å². The number of carbonyl (C=O) groups is 1. The van der Waals surface area contributed by atoms with E-state index in [2.05, 4.69) is 29.8 Å². The largest absolute Gasteiger partial charge is 0.349 e. The van der Waals surface area contributed by atoms with E-state index in [-0.39, 0.29) is 11.8 Å². The van der Waals surface area contributed by atoms with E-state index in [1.165, 1.54) is 19.3 Å². The van der Waals surface area contributed by atoms with Crippen molar-refractivity contribution in [3.63, 3.8) is 0 Å². The van der Waals surface area contributed by atoms with Gasteiger partial charge in [-0.1, -0.05) is 45.2 Å². The molecule has 1 aliphatic carbocycles. The third-order valence-corrected chi connectivity index (χ3v) is 4.68. The molecule has 1 fully saturated rings. The quantitative estimate of drug-likeness (QED) is 0.910. The number of nitrogens with zero attached hydrogens (tertiary/aromatic N) is 2. The summed E-state index contributed by atoms with van der Waals surface area (Å²) in [4.78, 5) is 17.1. The zero-order valence-electron chi connectivity index (χ0n) is 14.2. The molecule has 0 saturated heterocycles. The molecule has 124 valence electrons. The molecule has 1 heterocycles. The van der Waals surface area contributed by atoms with Gasteiger partial charge in [0.25, 0.3) is 0 Å². The van der Waals surface area contributed by atoms with Gasteiger partial charge in [0.15, 0.2) is 0 Å². The first-order valence-corrected chi connectivity index (χ1v) is 8.87. The van der Waals surface area contributed by atoms with E-state index < -0.39 is 0 Å². The van der Waals surface area contributed by atoms with Crippen molar-refractivity contribution >= 4 is 16.9 Å². The number of fused-ring (bicyclic) bond motifs is 1. The maximum atomic E-state index is 12.4. The molecule has 1 N–H and O–H groups in total. The van der Waals surface area contributed by atoms with Crippen LogP contribution in [0.1, 0.15) is 51.8 Å². The molecule has 1 amide bonds. The van der Waals surface area contributed by atoms with Gasteiger partial charge in [-0.25, -0.2) is 4.98 Å². The smallest absolute Gasteiger partial charge is 0.223 e. The number of benzene rings is 1. The first-order chi connectivity index (χ1) is 11.1. The topological polar surface area (TPSA) is 46.9 Å². The van der Waals surface area contributed by atoms with Crippen molar-refractivity contribution in [3.8, 4) is 0 Å². The standard InChI is InChI=1S/C19H27N3O/c1-14(2)13-22-17-11-7-6-10-16(17)21-18(22)12-20-19(23)15-8-4-3-5-9-15/h6-7,10-11,14-15H,3-5,8-9,12-13H2,1-2H3,(H,20,23). The first kappa shape index (κ1) is 16.0. The summed E-state index contributed by atoms with van der Waals surface area (Å²) in [6, 6.07) is 8.21. The van der Waals surface area contributed by atoms with E-state index in [0.29, 0.717) is 12.5 Å². The average Bonchev–Trinajstić information content (AvgIpc) is 2.91. The Morgan fingerprint density at radius 2 is 2.00 bits per heavy atom. The molecule has 1 aliphatic rings. The molecule has 1 aromatic carbocycles. The highest BCUT2D eigenvalue weighted by Gasteiger charge is 2.21. The van der Waals surface area contributed by atoms with Crippen LogP contribution in [0.25, 0.3) is 11.0 Å². The summed E-state index contributed by atoms with van der Waals surface area (Å²) in [7, 11) is 0. The van der Waals surface area contributed by atoms with Crippen LogP contribution in [-0.2, 0) is 17.9 Å². The van der Waals surface area contributed by atoms with Crippen molar-refractivity contribution in [3.05, 3.63) is 30.1 Å². The highest BCUT2D eigenvalue weighted by Crippen LogP contribution is 2.24. The van der Waals surface area contributed by atoms with Crippen LogP contribution in [0.15, 0.2) is 24.3 Å². The fourth-order valence-electron chi connectivity index (χ4n) is 3.50. The summed E-state index contributed by atoms with van der Waals surface area (Å²) in [5.74, 6) is 1.91. The van der Waals surface area contributed by atoms with Gasteiger partial charge in [0, 0.05) is 12.5 Å². The molecular formula is C19H27N3O. The van der Waals surface area contributed by atoms with Gasteiger partial charge < -0.3 is 9.88 Å². The molecule has 1 saturated carbocycles. The number of hydrogen-bond donors (Lipinski definition) is 1. The first-order valence-electron chi connectivity index (χ1n) is 8.87. The van der Waals surface area contributed by atoms with Gasteiger partial charge in [-0.15, -0.1) is 0 Å². The van der Waals surface area contributed by atoms with Crippen LogP contribution in [0.2, 0.25) is 0 Å². The SMILES string of the molecule is CC(C)Cn1c(CNC(=O)C2CCCCC2)nc2ccccc21. The number of imidazole rings is 1. The lowest BCUT2D eigenvalue weighted by Gasteiger charge is -2.21. The van der Waals surface area contributed by atoms with E-state index in [0.717, 1.165) is 36.2 Å². The van der Waals surface area contributed by atoms with Gasteiger partial charge in [-0.2, -0.15) is 0 Å². The average molecular weight is 313 g/mol. The van der Waals surface area contributed by atoms with Gasteiger partial charge in [-0.05, 0) is 30.9 Å². The van der Waals surface area contributed by atoms with Crippen molar-refractivity contribution in [1.82, 2.24) is 14.9 Å². The Balaban J connectivity index is 1.74. The Labute approximate surface area is 138 Å². The predicted molar refractivity (Wildman–Crippen MR) is 93.0 cm³/mol. The fraction of sp³-hybridized carbons (Fsp3) is 0.579. The molecule has 4 heteroatoms. The van der Waals surface area contributed by atoms with E-state index in [9.17, 15) is 4.79 Å². The highest BCUT2D eigenvalue weighted by molar-refractivity contribution is 5.79. The van der Waals surface area contributed by atoms with E-state index in [1.807, 2.05) is 18.2 Å². The Bertz CT molecular complexity index is 668. The maximum absolute atomic E-state index is 12.4. The summed E-state index contributed by atoms with van der Waals surface area (Å²) in [5.41, 5.74) is 2.16. The minimum Gasteiger partial charge on any atom is -0.349 e. The second kappa shape index (κ2) is 7.16. The minimum atomic E-state index is 0.201. The summed E-state index contributed by atoms with van der Waals surface area (Å²) in [5, 5.41) is 3.12. The highest BCUT2D eigenvalue weighted by atomic mass is 16.1. The Kier molecular flexibility index (Phi) is 4.99. The molecule has 3 rings (SSSR count). The van der Waals surface area contributed by atoms with Crippen LogP contribution in [-0.4, -0.2) is 15.5 Å². The Hall–Kier alpha value is -1.84. The minimum absolute atomic E-state index is 0.201. The number of aromatic nitrogens is 2. The van der Waals surface area contributed by atoms with Gasteiger partial charge >= 0.3 is 0 Å². The molecule has 0 aliphatic heterocycles. The summed E-state index contributed by atoms with van der Waals surface area (Å²) in [6.07, 6.45) is 5.71. The van der Waals surface area contributed by atoms with Gasteiger partial charge in [0.2, 0.25) is 5.91 Å². The predicted octanol–water partition coefficient (Wildman–Crippen LogP) is 3.89.